The second kappa shape index (κ2) is 11.7. The fourth-order valence-corrected chi connectivity index (χ4v) is 2.88. The molecule has 0 atom stereocenters. The second-order valence-corrected chi connectivity index (χ2v) is 6.34. The monoisotopic (exact) mass is 445 g/mol. The van der Waals surface area contributed by atoms with Crippen LogP contribution in [0.25, 0.3) is 0 Å². The normalized spacial score (nSPS) is 17.0. The Kier molecular flexibility index (Phi) is 10.3. The van der Waals surface area contributed by atoms with Gasteiger partial charge in [-0.15, -0.1) is 24.0 Å². The summed E-state index contributed by atoms with van der Waals surface area (Å²) in [7, 11) is 4.03. The van der Waals surface area contributed by atoms with Gasteiger partial charge in [-0.2, -0.15) is 0 Å². The Bertz CT molecular complexity index is 506. The first kappa shape index (κ1) is 21.2. The molecule has 1 saturated heterocycles. The van der Waals surface area contributed by atoms with Crippen molar-refractivity contribution in [2.75, 3.05) is 53.4 Å². The van der Waals surface area contributed by atoms with Gasteiger partial charge in [0, 0.05) is 39.8 Å². The lowest BCUT2D eigenvalue weighted by Crippen LogP contribution is -2.42. The molecule has 5 nitrogen and oxygen atoms in total. The Morgan fingerprint density at radius 1 is 1.17 bits per heavy atom. The van der Waals surface area contributed by atoms with E-state index in [0.29, 0.717) is 0 Å². The van der Waals surface area contributed by atoms with Crippen LogP contribution in [-0.4, -0.2) is 69.1 Å². The molecule has 0 aliphatic carbocycles. The Balaban J connectivity index is 0.00000288. The largest absolute Gasteiger partial charge is 0.355 e. The fraction of sp³-hybridized carbons (Fsp3) is 0.611. The number of hydrogen-bond acceptors (Lipinski definition) is 3. The van der Waals surface area contributed by atoms with Gasteiger partial charge >= 0.3 is 0 Å². The third kappa shape index (κ3) is 7.81. The van der Waals surface area contributed by atoms with Crippen LogP contribution in [0.5, 0.6) is 0 Å². The zero-order chi connectivity index (χ0) is 16.5. The van der Waals surface area contributed by atoms with E-state index in [-0.39, 0.29) is 24.0 Å². The Morgan fingerprint density at radius 3 is 2.75 bits per heavy atom. The molecular weight excluding hydrogens is 413 g/mol. The minimum atomic E-state index is 0. The van der Waals surface area contributed by atoms with Crippen LogP contribution in [-0.2, 0) is 6.54 Å². The van der Waals surface area contributed by atoms with Gasteiger partial charge in [0.2, 0.25) is 0 Å². The lowest BCUT2D eigenvalue weighted by atomic mass is 10.1. The molecule has 136 valence electrons. The van der Waals surface area contributed by atoms with Gasteiger partial charge in [0.05, 0.1) is 0 Å². The van der Waals surface area contributed by atoms with Crippen LogP contribution in [0, 0.1) is 6.92 Å². The van der Waals surface area contributed by atoms with Gasteiger partial charge in [0.1, 0.15) is 0 Å². The number of aliphatic imine (C=N–C) groups is 1. The standard InChI is InChI=1S/C18H31N5.HI/c1-16-6-4-7-17(14-16)15-21-18(19-2)20-8-11-23-10-5-9-22(3)12-13-23;/h4,6-7,14H,5,8-13,15H2,1-3H3,(H2,19,20,21);1H. The zero-order valence-electron chi connectivity index (χ0n) is 15.2. The molecule has 1 heterocycles. The quantitative estimate of drug-likeness (QED) is 0.413. The van der Waals surface area contributed by atoms with E-state index in [1.165, 1.54) is 37.2 Å². The maximum Gasteiger partial charge on any atom is 0.191 e. The molecule has 2 N–H and O–H groups in total. The number of rotatable bonds is 5. The average molecular weight is 445 g/mol. The van der Waals surface area contributed by atoms with Gasteiger partial charge in [-0.1, -0.05) is 29.8 Å². The van der Waals surface area contributed by atoms with Crippen molar-refractivity contribution in [3.05, 3.63) is 35.4 Å². The molecule has 1 aliphatic heterocycles. The highest BCUT2D eigenvalue weighted by Crippen LogP contribution is 2.03. The molecule has 0 radical (unpaired) electrons. The van der Waals surface area contributed by atoms with Gasteiger partial charge < -0.3 is 20.4 Å². The average Bonchev–Trinajstić information content (AvgIpc) is 2.75. The van der Waals surface area contributed by atoms with Crippen molar-refractivity contribution in [1.29, 1.82) is 0 Å². The summed E-state index contributed by atoms with van der Waals surface area (Å²) in [5.74, 6) is 0.874. The molecular formula is C18H32IN5. The van der Waals surface area contributed by atoms with E-state index < -0.39 is 0 Å². The number of nitrogens with one attached hydrogen (secondary N) is 2. The lowest BCUT2D eigenvalue weighted by Gasteiger charge is -2.21. The van der Waals surface area contributed by atoms with E-state index in [4.69, 9.17) is 0 Å². The van der Waals surface area contributed by atoms with Crippen molar-refractivity contribution < 1.29 is 0 Å². The van der Waals surface area contributed by atoms with Gasteiger partial charge in [-0.3, -0.25) is 4.99 Å². The number of aryl methyl sites for hydroxylation is 1. The Morgan fingerprint density at radius 2 is 2.00 bits per heavy atom. The molecule has 1 aromatic rings. The van der Waals surface area contributed by atoms with E-state index in [9.17, 15) is 0 Å². The van der Waals surface area contributed by atoms with Crippen LogP contribution >= 0.6 is 24.0 Å². The summed E-state index contributed by atoms with van der Waals surface area (Å²) in [5, 5.41) is 6.80. The third-order valence-corrected chi connectivity index (χ3v) is 4.30. The molecule has 0 unspecified atom stereocenters. The smallest absolute Gasteiger partial charge is 0.191 e. The summed E-state index contributed by atoms with van der Waals surface area (Å²) in [6.45, 7) is 9.65. The van der Waals surface area contributed by atoms with E-state index in [1.807, 2.05) is 7.05 Å². The van der Waals surface area contributed by atoms with E-state index in [2.05, 4.69) is 63.7 Å². The number of likely N-dealkylation sites (N-methyl/N-ethyl adjacent to an activating group) is 1. The van der Waals surface area contributed by atoms with Crippen LogP contribution in [0.4, 0.5) is 0 Å². The van der Waals surface area contributed by atoms with Crippen molar-refractivity contribution in [1.82, 2.24) is 20.4 Å². The first-order chi connectivity index (χ1) is 11.2. The molecule has 0 bridgehead atoms. The molecule has 1 aliphatic rings. The molecule has 1 fully saturated rings. The minimum absolute atomic E-state index is 0. The highest BCUT2D eigenvalue weighted by Gasteiger charge is 2.11. The predicted molar refractivity (Wildman–Crippen MR) is 113 cm³/mol. The number of hydrogen-bond donors (Lipinski definition) is 2. The summed E-state index contributed by atoms with van der Waals surface area (Å²) >= 11 is 0. The van der Waals surface area contributed by atoms with Crippen molar-refractivity contribution in [2.24, 2.45) is 4.99 Å². The molecule has 0 saturated carbocycles. The Hall–Kier alpha value is -0.860. The Labute approximate surface area is 163 Å². The number of halogens is 1. The van der Waals surface area contributed by atoms with Crippen molar-refractivity contribution in [3.63, 3.8) is 0 Å². The van der Waals surface area contributed by atoms with E-state index >= 15 is 0 Å². The van der Waals surface area contributed by atoms with Gasteiger partial charge in [0.25, 0.3) is 0 Å². The van der Waals surface area contributed by atoms with Gasteiger partial charge in [-0.05, 0) is 39.0 Å². The van der Waals surface area contributed by atoms with Crippen molar-refractivity contribution >= 4 is 29.9 Å². The first-order valence-corrected chi connectivity index (χ1v) is 8.58. The summed E-state index contributed by atoms with van der Waals surface area (Å²) < 4.78 is 0. The first-order valence-electron chi connectivity index (χ1n) is 8.58. The molecule has 2 rings (SSSR count). The zero-order valence-corrected chi connectivity index (χ0v) is 17.5. The van der Waals surface area contributed by atoms with Crippen LogP contribution in [0.3, 0.4) is 0 Å². The van der Waals surface area contributed by atoms with Crippen molar-refractivity contribution in [2.45, 2.75) is 19.9 Å². The second-order valence-electron chi connectivity index (χ2n) is 6.34. The summed E-state index contributed by atoms with van der Waals surface area (Å²) in [6, 6.07) is 8.56. The van der Waals surface area contributed by atoms with Crippen LogP contribution in [0.2, 0.25) is 0 Å². The molecule has 24 heavy (non-hydrogen) atoms. The van der Waals surface area contributed by atoms with Crippen LogP contribution < -0.4 is 10.6 Å². The van der Waals surface area contributed by atoms with Gasteiger partial charge in [0.15, 0.2) is 5.96 Å². The molecule has 0 spiro atoms. The van der Waals surface area contributed by atoms with E-state index in [0.717, 1.165) is 32.1 Å². The maximum atomic E-state index is 4.31. The minimum Gasteiger partial charge on any atom is -0.355 e. The molecule has 1 aromatic carbocycles. The fourth-order valence-electron chi connectivity index (χ4n) is 2.88. The summed E-state index contributed by atoms with van der Waals surface area (Å²) in [5.41, 5.74) is 2.57. The topological polar surface area (TPSA) is 42.9 Å². The highest BCUT2D eigenvalue weighted by atomic mass is 127. The summed E-state index contributed by atoms with van der Waals surface area (Å²) in [4.78, 5) is 9.25. The van der Waals surface area contributed by atoms with Crippen molar-refractivity contribution in [3.8, 4) is 0 Å². The van der Waals surface area contributed by atoms with Crippen LogP contribution in [0.15, 0.2) is 29.3 Å². The molecule has 6 heteroatoms. The lowest BCUT2D eigenvalue weighted by molar-refractivity contribution is 0.280. The maximum absolute atomic E-state index is 4.31. The number of guanidine groups is 1. The summed E-state index contributed by atoms with van der Waals surface area (Å²) in [6.07, 6.45) is 1.26. The number of benzene rings is 1. The SMILES string of the molecule is CN=C(NCCN1CCCN(C)CC1)NCc1cccc(C)c1.I. The third-order valence-electron chi connectivity index (χ3n) is 4.30. The molecule has 0 amide bonds. The van der Waals surface area contributed by atoms with E-state index in [1.54, 1.807) is 0 Å². The van der Waals surface area contributed by atoms with Gasteiger partial charge in [-0.25, -0.2) is 0 Å². The predicted octanol–water partition coefficient (Wildman–Crippen LogP) is 1.92. The molecule has 0 aromatic heterocycles. The highest BCUT2D eigenvalue weighted by molar-refractivity contribution is 14.0. The van der Waals surface area contributed by atoms with Crippen LogP contribution in [0.1, 0.15) is 17.5 Å². The number of nitrogens with zero attached hydrogens (tertiary/aromatic N) is 3.